The Morgan fingerprint density at radius 3 is 2.26 bits per heavy atom. The number of nitrogens with zero attached hydrogens (tertiary/aromatic N) is 2. The summed E-state index contributed by atoms with van der Waals surface area (Å²) in [4.78, 5) is 27.1. The van der Waals surface area contributed by atoms with Crippen molar-refractivity contribution in [1.29, 1.82) is 0 Å². The van der Waals surface area contributed by atoms with Gasteiger partial charge in [0.25, 0.3) is 0 Å². The Hall–Kier alpha value is -2.79. The van der Waals surface area contributed by atoms with Gasteiger partial charge in [0.2, 0.25) is 21.8 Å². The number of anilines is 1. The first-order valence-electron chi connectivity index (χ1n) is 10.7. The molecule has 2 rings (SSSR count). The van der Waals surface area contributed by atoms with Crippen LogP contribution in [-0.2, 0) is 32.2 Å². The molecule has 0 spiro atoms. The number of alkyl halides is 3. The molecule has 0 radical (unpaired) electrons. The summed E-state index contributed by atoms with van der Waals surface area (Å²) in [7, 11) is -2.81. The van der Waals surface area contributed by atoms with E-state index in [2.05, 4.69) is 5.32 Å². The minimum absolute atomic E-state index is 0.0860. The predicted octanol–water partition coefficient (Wildman–Crippen LogP) is 3.72. The molecule has 192 valence electrons. The van der Waals surface area contributed by atoms with Crippen LogP contribution in [0.3, 0.4) is 0 Å². The molecule has 0 fully saturated rings. The first kappa shape index (κ1) is 28.4. The number of rotatable bonds is 10. The first-order chi connectivity index (χ1) is 16.3. The third-order valence-electron chi connectivity index (χ3n) is 5.34. The molecule has 0 aliphatic heterocycles. The molecule has 7 nitrogen and oxygen atoms in total. The molecule has 35 heavy (non-hydrogen) atoms. The summed E-state index contributed by atoms with van der Waals surface area (Å²) in [6.07, 6.45) is -3.37. The summed E-state index contributed by atoms with van der Waals surface area (Å²) < 4.78 is 65.4. The Balaban J connectivity index is 2.45. The van der Waals surface area contributed by atoms with Gasteiger partial charge in [-0.1, -0.05) is 48.9 Å². The largest absolute Gasteiger partial charge is 0.416 e. The van der Waals surface area contributed by atoms with E-state index in [0.29, 0.717) is 16.8 Å². The van der Waals surface area contributed by atoms with Gasteiger partial charge in [-0.2, -0.15) is 13.2 Å². The van der Waals surface area contributed by atoms with Gasteiger partial charge in [-0.15, -0.1) is 0 Å². The quantitative estimate of drug-likeness (QED) is 0.504. The molecule has 1 atom stereocenters. The van der Waals surface area contributed by atoms with Gasteiger partial charge in [0, 0.05) is 13.6 Å². The van der Waals surface area contributed by atoms with E-state index >= 15 is 0 Å². The second kappa shape index (κ2) is 11.8. The van der Waals surface area contributed by atoms with Crippen LogP contribution in [-0.4, -0.2) is 57.6 Å². The zero-order chi connectivity index (χ0) is 26.4. The SMILES string of the molecule is CCC(C(=O)NC)N(CCc1ccccc1)C(=O)CN(c1cc(C(F)(F)F)ccc1Cl)S(C)(=O)=O. The average molecular weight is 534 g/mol. The van der Waals surface area contributed by atoms with Crippen LogP contribution in [0.15, 0.2) is 48.5 Å². The van der Waals surface area contributed by atoms with Crippen LogP contribution in [0.25, 0.3) is 0 Å². The maximum absolute atomic E-state index is 13.4. The fraction of sp³-hybridized carbons (Fsp3) is 0.391. The summed E-state index contributed by atoms with van der Waals surface area (Å²) in [5, 5.41) is 2.21. The maximum atomic E-state index is 13.4. The van der Waals surface area contributed by atoms with Crippen LogP contribution in [0.5, 0.6) is 0 Å². The summed E-state index contributed by atoms with van der Waals surface area (Å²) in [5.41, 5.74) is -0.706. The summed E-state index contributed by atoms with van der Waals surface area (Å²) >= 11 is 6.05. The van der Waals surface area contributed by atoms with E-state index in [1.807, 2.05) is 30.3 Å². The zero-order valence-corrected chi connectivity index (χ0v) is 21.0. The molecule has 0 bridgehead atoms. The number of carbonyl (C=O) groups excluding carboxylic acids is 2. The van der Waals surface area contributed by atoms with Crippen molar-refractivity contribution in [2.24, 2.45) is 0 Å². The van der Waals surface area contributed by atoms with E-state index in [0.717, 1.165) is 24.0 Å². The Morgan fingerprint density at radius 2 is 1.74 bits per heavy atom. The monoisotopic (exact) mass is 533 g/mol. The molecule has 2 amide bonds. The maximum Gasteiger partial charge on any atom is 0.416 e. The summed E-state index contributed by atoms with van der Waals surface area (Å²) in [6.45, 7) is 0.950. The van der Waals surface area contributed by atoms with Crippen LogP contribution in [0.1, 0.15) is 24.5 Å². The molecular weight excluding hydrogens is 507 g/mol. The molecule has 12 heteroatoms. The highest BCUT2D eigenvalue weighted by molar-refractivity contribution is 7.92. The van der Waals surface area contributed by atoms with E-state index in [1.54, 1.807) is 6.92 Å². The summed E-state index contributed by atoms with van der Waals surface area (Å²) in [6, 6.07) is 10.5. The van der Waals surface area contributed by atoms with E-state index in [9.17, 15) is 31.2 Å². The number of hydrogen-bond donors (Lipinski definition) is 1. The number of carbonyl (C=O) groups is 2. The highest BCUT2D eigenvalue weighted by Crippen LogP contribution is 2.36. The number of amides is 2. The number of sulfonamides is 1. The van der Waals surface area contributed by atoms with Gasteiger partial charge < -0.3 is 10.2 Å². The molecular formula is C23H27ClF3N3O4S. The molecule has 1 N–H and O–H groups in total. The smallest absolute Gasteiger partial charge is 0.357 e. The van der Waals surface area contributed by atoms with Crippen LogP contribution in [0.2, 0.25) is 5.02 Å². The van der Waals surface area contributed by atoms with Gasteiger partial charge in [0.1, 0.15) is 12.6 Å². The van der Waals surface area contributed by atoms with Crippen molar-refractivity contribution >= 4 is 39.1 Å². The average Bonchev–Trinajstić information content (AvgIpc) is 2.79. The van der Waals surface area contributed by atoms with Gasteiger partial charge >= 0.3 is 6.18 Å². The number of benzene rings is 2. The van der Waals surface area contributed by atoms with Crippen molar-refractivity contribution in [2.45, 2.75) is 32.0 Å². The highest BCUT2D eigenvalue weighted by atomic mass is 35.5. The lowest BCUT2D eigenvalue weighted by atomic mass is 10.1. The van der Waals surface area contributed by atoms with E-state index in [1.165, 1.54) is 11.9 Å². The molecule has 0 saturated heterocycles. The van der Waals surface area contributed by atoms with Crippen molar-refractivity contribution in [2.75, 3.05) is 30.7 Å². The fourth-order valence-corrected chi connectivity index (χ4v) is 4.66. The molecule has 0 aromatic heterocycles. The summed E-state index contributed by atoms with van der Waals surface area (Å²) in [5.74, 6) is -1.20. The minimum atomic E-state index is -4.75. The van der Waals surface area contributed by atoms with Gasteiger partial charge in [-0.05, 0) is 36.6 Å². The van der Waals surface area contributed by atoms with Crippen LogP contribution in [0, 0.1) is 0 Å². The van der Waals surface area contributed by atoms with E-state index in [-0.39, 0.29) is 18.0 Å². The second-order valence-corrected chi connectivity index (χ2v) is 10.1. The standard InChI is InChI=1S/C23H27ClF3N3O4S/c1-4-19(22(32)28-2)29(13-12-16-8-6-5-7-9-16)21(31)15-30(35(3,33)34)20-14-17(23(25,26)27)10-11-18(20)24/h5-11,14,19H,4,12-13,15H2,1-3H3,(H,28,32). The molecule has 0 saturated carbocycles. The highest BCUT2D eigenvalue weighted by Gasteiger charge is 2.35. The van der Waals surface area contributed by atoms with Crippen LogP contribution < -0.4 is 9.62 Å². The van der Waals surface area contributed by atoms with Gasteiger partial charge in [-0.25, -0.2) is 8.42 Å². The number of hydrogen-bond acceptors (Lipinski definition) is 4. The van der Waals surface area contributed by atoms with Crippen molar-refractivity contribution in [3.05, 3.63) is 64.7 Å². The Morgan fingerprint density at radius 1 is 1.11 bits per heavy atom. The van der Waals surface area contributed by atoms with Crippen molar-refractivity contribution in [3.8, 4) is 0 Å². The molecule has 0 heterocycles. The number of halogens is 4. The molecule has 2 aromatic rings. The van der Waals surface area contributed by atoms with Crippen LogP contribution in [0.4, 0.5) is 18.9 Å². The number of likely N-dealkylation sites (N-methyl/N-ethyl adjacent to an activating group) is 1. The normalized spacial score (nSPS) is 12.7. The Kier molecular flexibility index (Phi) is 9.56. The van der Waals surface area contributed by atoms with Crippen molar-refractivity contribution in [1.82, 2.24) is 10.2 Å². The lowest BCUT2D eigenvalue weighted by Crippen LogP contribution is -2.52. The Labute approximate surface area is 207 Å². The predicted molar refractivity (Wildman–Crippen MR) is 129 cm³/mol. The molecule has 0 aliphatic rings. The zero-order valence-electron chi connectivity index (χ0n) is 19.5. The van der Waals surface area contributed by atoms with Crippen molar-refractivity contribution < 1.29 is 31.2 Å². The fourth-order valence-electron chi connectivity index (χ4n) is 3.54. The van der Waals surface area contributed by atoms with Gasteiger partial charge in [0.05, 0.1) is 22.5 Å². The first-order valence-corrected chi connectivity index (χ1v) is 12.9. The van der Waals surface area contributed by atoms with Crippen LogP contribution >= 0.6 is 11.6 Å². The molecule has 2 aromatic carbocycles. The third kappa shape index (κ3) is 7.60. The lowest BCUT2D eigenvalue weighted by Gasteiger charge is -2.32. The van der Waals surface area contributed by atoms with Gasteiger partial charge in [-0.3, -0.25) is 13.9 Å². The molecule has 0 aliphatic carbocycles. The number of nitrogens with one attached hydrogen (secondary N) is 1. The molecule has 1 unspecified atom stereocenters. The Bertz CT molecular complexity index is 1140. The van der Waals surface area contributed by atoms with E-state index in [4.69, 9.17) is 11.6 Å². The minimum Gasteiger partial charge on any atom is -0.357 e. The lowest BCUT2D eigenvalue weighted by molar-refractivity contribution is -0.139. The van der Waals surface area contributed by atoms with Gasteiger partial charge in [0.15, 0.2) is 0 Å². The third-order valence-corrected chi connectivity index (χ3v) is 6.78. The second-order valence-electron chi connectivity index (χ2n) is 7.79. The van der Waals surface area contributed by atoms with E-state index < -0.39 is 51.9 Å². The topological polar surface area (TPSA) is 86.8 Å². The van der Waals surface area contributed by atoms with Crippen molar-refractivity contribution in [3.63, 3.8) is 0 Å².